The van der Waals surface area contributed by atoms with E-state index in [1.807, 2.05) is 19.1 Å². The fourth-order valence-corrected chi connectivity index (χ4v) is 2.69. The molecule has 0 radical (unpaired) electrons. The average Bonchev–Trinajstić information content (AvgIpc) is 2.49. The molecule has 1 heterocycles. The van der Waals surface area contributed by atoms with Crippen LogP contribution in [0.5, 0.6) is 0 Å². The smallest absolute Gasteiger partial charge is 0.380 e. The number of halogens is 3. The van der Waals surface area contributed by atoms with Crippen molar-refractivity contribution in [3.63, 3.8) is 0 Å². The minimum Gasteiger partial charge on any atom is -0.380 e. The number of urea groups is 1. The number of aryl methyl sites for hydroxylation is 1. The molecule has 1 aliphatic heterocycles. The van der Waals surface area contributed by atoms with Gasteiger partial charge in [-0.05, 0) is 18.1 Å². The Balaban J connectivity index is 1.99. The van der Waals surface area contributed by atoms with Gasteiger partial charge >= 0.3 is 12.2 Å². The van der Waals surface area contributed by atoms with Crippen molar-refractivity contribution in [2.45, 2.75) is 44.4 Å². The summed E-state index contributed by atoms with van der Waals surface area (Å²) in [6.45, 7) is 1.77. The molecule has 1 fully saturated rings. The highest BCUT2D eigenvalue weighted by atomic mass is 19.4. The van der Waals surface area contributed by atoms with E-state index in [1.165, 1.54) is 4.90 Å². The van der Waals surface area contributed by atoms with E-state index >= 15 is 0 Å². The number of anilines is 1. The lowest BCUT2D eigenvalue weighted by Crippen LogP contribution is -2.55. The zero-order chi connectivity index (χ0) is 17.1. The molecule has 0 aromatic heterocycles. The number of likely N-dealkylation sites (tertiary alicyclic amines) is 1. The summed E-state index contributed by atoms with van der Waals surface area (Å²) in [4.78, 5) is 13.5. The van der Waals surface area contributed by atoms with E-state index in [2.05, 4.69) is 5.32 Å². The topological polar surface area (TPSA) is 52.6 Å². The highest BCUT2D eigenvalue weighted by Crippen LogP contribution is 2.38. The molecule has 1 aromatic rings. The number of hydrogen-bond acceptors (Lipinski definition) is 2. The predicted molar refractivity (Wildman–Crippen MR) is 81.3 cm³/mol. The summed E-state index contributed by atoms with van der Waals surface area (Å²) in [5.41, 5.74) is -1.02. The Bertz CT molecular complexity index is 553. The van der Waals surface area contributed by atoms with Gasteiger partial charge in [-0.2, -0.15) is 13.2 Å². The molecule has 2 amide bonds. The highest BCUT2D eigenvalue weighted by Gasteiger charge is 2.54. The van der Waals surface area contributed by atoms with Crippen LogP contribution in [-0.2, 0) is 6.42 Å². The van der Waals surface area contributed by atoms with Gasteiger partial charge in [0.2, 0.25) is 0 Å². The standard InChI is InChI=1S/C16H21F3N2O2/c1-2-5-12-6-3-4-7-13(12)20-14(22)21-10-8-15(23,9-11-21)16(17,18)19/h3-4,6-7,23H,2,5,8-11H2,1H3,(H,20,22). The van der Waals surface area contributed by atoms with Crippen molar-refractivity contribution in [2.24, 2.45) is 0 Å². The molecule has 1 aromatic carbocycles. The minimum absolute atomic E-state index is 0.127. The van der Waals surface area contributed by atoms with Crippen LogP contribution in [0, 0.1) is 0 Å². The first-order valence-electron chi connectivity index (χ1n) is 7.70. The number of amides is 2. The maximum atomic E-state index is 12.8. The van der Waals surface area contributed by atoms with Crippen LogP contribution in [0.1, 0.15) is 31.7 Å². The number of benzene rings is 1. The van der Waals surface area contributed by atoms with Gasteiger partial charge in [-0.3, -0.25) is 0 Å². The second-order valence-corrected chi connectivity index (χ2v) is 5.85. The number of carbonyl (C=O) groups is 1. The van der Waals surface area contributed by atoms with E-state index in [0.717, 1.165) is 18.4 Å². The van der Waals surface area contributed by atoms with Gasteiger partial charge < -0.3 is 15.3 Å². The number of para-hydroxylation sites is 1. The summed E-state index contributed by atoms with van der Waals surface area (Å²) in [6, 6.07) is 6.94. The lowest BCUT2D eigenvalue weighted by Gasteiger charge is -2.39. The van der Waals surface area contributed by atoms with Gasteiger partial charge in [-0.1, -0.05) is 31.5 Å². The number of alkyl halides is 3. The molecule has 0 bridgehead atoms. The van der Waals surface area contributed by atoms with Crippen LogP contribution in [-0.4, -0.2) is 40.9 Å². The molecule has 0 spiro atoms. The number of nitrogens with zero attached hydrogens (tertiary/aromatic N) is 1. The number of carbonyl (C=O) groups excluding carboxylic acids is 1. The van der Waals surface area contributed by atoms with Crippen LogP contribution in [0.15, 0.2) is 24.3 Å². The predicted octanol–water partition coefficient (Wildman–Crippen LogP) is 3.56. The normalized spacial score (nSPS) is 17.9. The molecule has 0 unspecified atom stereocenters. The molecule has 4 nitrogen and oxygen atoms in total. The van der Waals surface area contributed by atoms with E-state index in [-0.39, 0.29) is 13.1 Å². The SMILES string of the molecule is CCCc1ccccc1NC(=O)N1CCC(O)(C(F)(F)F)CC1. The second kappa shape index (κ2) is 6.78. The summed E-state index contributed by atoms with van der Waals surface area (Å²) >= 11 is 0. The third-order valence-electron chi connectivity index (χ3n) is 4.18. The summed E-state index contributed by atoms with van der Waals surface area (Å²) < 4.78 is 38.3. The van der Waals surface area contributed by atoms with Crippen molar-refractivity contribution < 1.29 is 23.1 Å². The summed E-state index contributed by atoms with van der Waals surface area (Å²) in [5.74, 6) is 0. The summed E-state index contributed by atoms with van der Waals surface area (Å²) in [7, 11) is 0. The molecule has 1 aliphatic rings. The molecular formula is C16H21F3N2O2. The first-order valence-corrected chi connectivity index (χ1v) is 7.70. The van der Waals surface area contributed by atoms with Crippen LogP contribution in [0.3, 0.4) is 0 Å². The van der Waals surface area contributed by atoms with Crippen LogP contribution < -0.4 is 5.32 Å². The Morgan fingerprint density at radius 3 is 2.48 bits per heavy atom. The van der Waals surface area contributed by atoms with Crippen molar-refractivity contribution in [1.29, 1.82) is 0 Å². The van der Waals surface area contributed by atoms with E-state index in [0.29, 0.717) is 5.69 Å². The number of aliphatic hydroxyl groups is 1. The Hall–Kier alpha value is -1.76. The fourth-order valence-electron chi connectivity index (χ4n) is 2.69. The summed E-state index contributed by atoms with van der Waals surface area (Å²) in [6.07, 6.45) is -3.93. The van der Waals surface area contributed by atoms with E-state index in [4.69, 9.17) is 0 Å². The van der Waals surface area contributed by atoms with Crippen LogP contribution in [0.4, 0.5) is 23.7 Å². The summed E-state index contributed by atoms with van der Waals surface area (Å²) in [5, 5.41) is 12.4. The van der Waals surface area contributed by atoms with Crippen molar-refractivity contribution in [3.8, 4) is 0 Å². The van der Waals surface area contributed by atoms with Crippen molar-refractivity contribution in [3.05, 3.63) is 29.8 Å². The third-order valence-corrected chi connectivity index (χ3v) is 4.18. The Morgan fingerprint density at radius 1 is 1.30 bits per heavy atom. The molecule has 7 heteroatoms. The Labute approximate surface area is 133 Å². The monoisotopic (exact) mass is 330 g/mol. The molecule has 128 valence electrons. The Morgan fingerprint density at radius 2 is 1.91 bits per heavy atom. The zero-order valence-electron chi connectivity index (χ0n) is 13.0. The molecular weight excluding hydrogens is 309 g/mol. The largest absolute Gasteiger partial charge is 0.417 e. The minimum atomic E-state index is -4.66. The van der Waals surface area contributed by atoms with E-state index in [9.17, 15) is 23.1 Å². The van der Waals surface area contributed by atoms with E-state index in [1.54, 1.807) is 12.1 Å². The van der Waals surface area contributed by atoms with Gasteiger partial charge in [-0.25, -0.2) is 4.79 Å². The van der Waals surface area contributed by atoms with Gasteiger partial charge in [0, 0.05) is 31.6 Å². The number of rotatable bonds is 3. The zero-order valence-corrected chi connectivity index (χ0v) is 13.0. The molecule has 2 rings (SSSR count). The maximum Gasteiger partial charge on any atom is 0.417 e. The van der Waals surface area contributed by atoms with Crippen LogP contribution >= 0.6 is 0 Å². The lowest BCUT2D eigenvalue weighted by atomic mass is 9.91. The van der Waals surface area contributed by atoms with Gasteiger partial charge in [0.25, 0.3) is 0 Å². The second-order valence-electron chi connectivity index (χ2n) is 5.85. The average molecular weight is 330 g/mol. The fraction of sp³-hybridized carbons (Fsp3) is 0.562. The molecule has 0 saturated carbocycles. The molecule has 23 heavy (non-hydrogen) atoms. The number of nitrogens with one attached hydrogen (secondary N) is 1. The van der Waals surface area contributed by atoms with Crippen LogP contribution in [0.2, 0.25) is 0 Å². The molecule has 0 atom stereocenters. The maximum absolute atomic E-state index is 12.8. The quantitative estimate of drug-likeness (QED) is 0.890. The number of piperidine rings is 1. The van der Waals surface area contributed by atoms with Crippen molar-refractivity contribution in [2.75, 3.05) is 18.4 Å². The van der Waals surface area contributed by atoms with Gasteiger partial charge in [-0.15, -0.1) is 0 Å². The Kier molecular flexibility index (Phi) is 5.19. The lowest BCUT2D eigenvalue weighted by molar-refractivity contribution is -0.271. The first-order chi connectivity index (χ1) is 10.8. The molecule has 2 N–H and O–H groups in total. The third kappa shape index (κ3) is 3.96. The van der Waals surface area contributed by atoms with Crippen molar-refractivity contribution in [1.82, 2.24) is 4.90 Å². The van der Waals surface area contributed by atoms with Gasteiger partial charge in [0.15, 0.2) is 5.60 Å². The van der Waals surface area contributed by atoms with Gasteiger partial charge in [0.05, 0.1) is 0 Å². The van der Waals surface area contributed by atoms with E-state index < -0.39 is 30.7 Å². The van der Waals surface area contributed by atoms with Gasteiger partial charge in [0.1, 0.15) is 0 Å². The number of hydrogen-bond donors (Lipinski definition) is 2. The molecule has 1 saturated heterocycles. The van der Waals surface area contributed by atoms with Crippen LogP contribution in [0.25, 0.3) is 0 Å². The highest BCUT2D eigenvalue weighted by molar-refractivity contribution is 5.90. The van der Waals surface area contributed by atoms with Crippen molar-refractivity contribution >= 4 is 11.7 Å². The molecule has 0 aliphatic carbocycles. The first kappa shape index (κ1) is 17.6.